The number of nitrogens with zero attached hydrogens (tertiary/aromatic N) is 3. The Labute approximate surface area is 202 Å². The first-order valence-electron chi connectivity index (χ1n) is 11.5. The van der Waals surface area contributed by atoms with E-state index < -0.39 is 23.5 Å². The first-order chi connectivity index (χ1) is 16.6. The van der Waals surface area contributed by atoms with Crippen LogP contribution < -0.4 is 5.56 Å². The Hall–Kier alpha value is -3.75. The first kappa shape index (κ1) is 24.4. The summed E-state index contributed by atoms with van der Waals surface area (Å²) in [5.74, 6) is -0.983. The van der Waals surface area contributed by atoms with Gasteiger partial charge in [0.05, 0.1) is 22.5 Å². The number of hydrogen-bond donors (Lipinski definition) is 0. The van der Waals surface area contributed by atoms with Gasteiger partial charge in [-0.25, -0.2) is 14.2 Å². The lowest BCUT2D eigenvalue weighted by Crippen LogP contribution is -2.43. The molecule has 0 bridgehead atoms. The van der Waals surface area contributed by atoms with Gasteiger partial charge in [-0.05, 0) is 70.0 Å². The number of likely N-dealkylation sites (tertiary alicyclic amines) is 1. The Morgan fingerprint density at radius 2 is 1.71 bits per heavy atom. The summed E-state index contributed by atoms with van der Waals surface area (Å²) in [6.07, 6.45) is 0.509. The van der Waals surface area contributed by atoms with E-state index in [4.69, 9.17) is 9.47 Å². The standard InChI is InChI=1S/C26H28FN3O5/c1-26(2,3)35-25(33)29-14-12-17(13-15-29)24(32)34-16-22-28-21-7-5-4-6-20(21)23(31)30(22)19-10-8-18(27)9-11-19/h4-11,17H,12-16H2,1-3H3. The SMILES string of the molecule is CC(C)(C)OC(=O)N1CCC(C(=O)OCc2nc3ccccc3c(=O)n2-c2ccc(F)cc2)CC1. The molecule has 1 saturated heterocycles. The summed E-state index contributed by atoms with van der Waals surface area (Å²) in [6.45, 7) is 5.99. The fourth-order valence-electron chi connectivity index (χ4n) is 4.01. The number of rotatable bonds is 4. The molecule has 2 aromatic carbocycles. The predicted molar refractivity (Wildman–Crippen MR) is 128 cm³/mol. The number of esters is 1. The van der Waals surface area contributed by atoms with Crippen molar-refractivity contribution >= 4 is 23.0 Å². The van der Waals surface area contributed by atoms with Gasteiger partial charge in [-0.15, -0.1) is 0 Å². The van der Waals surface area contributed by atoms with Crippen LogP contribution in [0.25, 0.3) is 16.6 Å². The largest absolute Gasteiger partial charge is 0.457 e. The molecule has 2 heterocycles. The minimum absolute atomic E-state index is 0.220. The Kier molecular flexibility index (Phi) is 6.86. The number of benzene rings is 2. The zero-order valence-electron chi connectivity index (χ0n) is 20.0. The van der Waals surface area contributed by atoms with E-state index in [9.17, 15) is 18.8 Å². The molecule has 8 nitrogen and oxygen atoms in total. The number of carbonyl (C=O) groups is 2. The molecule has 9 heteroatoms. The molecule has 1 aliphatic rings. The van der Waals surface area contributed by atoms with Crippen LogP contribution in [0.3, 0.4) is 0 Å². The molecule has 3 aromatic rings. The zero-order chi connectivity index (χ0) is 25.2. The smallest absolute Gasteiger partial charge is 0.410 e. The Morgan fingerprint density at radius 3 is 2.37 bits per heavy atom. The van der Waals surface area contributed by atoms with Gasteiger partial charge in [0.25, 0.3) is 5.56 Å². The molecule has 0 saturated carbocycles. The fourth-order valence-corrected chi connectivity index (χ4v) is 4.01. The molecule has 4 rings (SSSR count). The quantitative estimate of drug-likeness (QED) is 0.519. The number of para-hydroxylation sites is 1. The molecule has 184 valence electrons. The number of amides is 1. The molecule has 0 atom stereocenters. The van der Waals surface area contributed by atoms with Gasteiger partial charge in [-0.3, -0.25) is 14.2 Å². The average molecular weight is 482 g/mol. The highest BCUT2D eigenvalue weighted by molar-refractivity contribution is 5.78. The van der Waals surface area contributed by atoms with E-state index in [2.05, 4.69) is 4.98 Å². The second-order valence-electron chi connectivity index (χ2n) is 9.51. The molecule has 0 N–H and O–H groups in total. The lowest BCUT2D eigenvalue weighted by molar-refractivity contribution is -0.151. The summed E-state index contributed by atoms with van der Waals surface area (Å²) < 4.78 is 25.8. The van der Waals surface area contributed by atoms with Crippen LogP contribution in [-0.4, -0.2) is 45.2 Å². The molecule has 1 amide bonds. The number of fused-ring (bicyclic) bond motifs is 1. The molecular weight excluding hydrogens is 453 g/mol. The van der Waals surface area contributed by atoms with Crippen molar-refractivity contribution in [1.29, 1.82) is 0 Å². The predicted octanol–water partition coefficient (Wildman–Crippen LogP) is 4.22. The highest BCUT2D eigenvalue weighted by Crippen LogP contribution is 2.22. The third-order valence-corrected chi connectivity index (χ3v) is 5.75. The summed E-state index contributed by atoms with van der Waals surface area (Å²) in [5.41, 5.74) is -0.0158. The van der Waals surface area contributed by atoms with Crippen molar-refractivity contribution in [3.05, 3.63) is 70.5 Å². The molecule has 0 spiro atoms. The lowest BCUT2D eigenvalue weighted by atomic mass is 9.97. The molecule has 1 aromatic heterocycles. The summed E-state index contributed by atoms with van der Waals surface area (Å²) in [5, 5.41) is 0.404. The van der Waals surface area contributed by atoms with Crippen molar-refractivity contribution in [3.8, 4) is 5.69 Å². The van der Waals surface area contributed by atoms with Gasteiger partial charge in [0.15, 0.2) is 5.82 Å². The number of aromatic nitrogens is 2. The number of halogens is 1. The van der Waals surface area contributed by atoms with Crippen LogP contribution in [0, 0.1) is 11.7 Å². The summed E-state index contributed by atoms with van der Waals surface area (Å²) in [6, 6.07) is 12.4. The number of hydrogen-bond acceptors (Lipinski definition) is 6. The maximum atomic E-state index is 13.5. The van der Waals surface area contributed by atoms with Crippen LogP contribution in [-0.2, 0) is 20.9 Å². The third kappa shape index (κ3) is 5.67. The highest BCUT2D eigenvalue weighted by Gasteiger charge is 2.31. The molecular formula is C26H28FN3O5. The van der Waals surface area contributed by atoms with Gasteiger partial charge >= 0.3 is 12.1 Å². The van der Waals surface area contributed by atoms with E-state index in [1.807, 2.05) is 0 Å². The summed E-state index contributed by atoms with van der Waals surface area (Å²) in [4.78, 5) is 44.4. The normalized spacial score (nSPS) is 14.7. The van der Waals surface area contributed by atoms with E-state index >= 15 is 0 Å². The molecule has 35 heavy (non-hydrogen) atoms. The third-order valence-electron chi connectivity index (χ3n) is 5.75. The minimum Gasteiger partial charge on any atom is -0.457 e. The van der Waals surface area contributed by atoms with Crippen molar-refractivity contribution in [2.75, 3.05) is 13.1 Å². The number of piperidine rings is 1. The van der Waals surface area contributed by atoms with Gasteiger partial charge in [0, 0.05) is 13.1 Å². The lowest BCUT2D eigenvalue weighted by Gasteiger charge is -2.32. The van der Waals surface area contributed by atoms with E-state index in [1.165, 1.54) is 28.8 Å². The molecule has 1 fully saturated rings. The van der Waals surface area contributed by atoms with E-state index in [1.54, 1.807) is 49.9 Å². The highest BCUT2D eigenvalue weighted by atomic mass is 19.1. The summed E-state index contributed by atoms with van der Waals surface area (Å²) in [7, 11) is 0. The van der Waals surface area contributed by atoms with Gasteiger partial charge < -0.3 is 14.4 Å². The van der Waals surface area contributed by atoms with Crippen molar-refractivity contribution in [2.24, 2.45) is 5.92 Å². The molecule has 0 radical (unpaired) electrons. The first-order valence-corrected chi connectivity index (χ1v) is 11.5. The van der Waals surface area contributed by atoms with Gasteiger partial charge in [0.2, 0.25) is 0 Å². The van der Waals surface area contributed by atoms with Crippen LogP contribution in [0.15, 0.2) is 53.3 Å². The zero-order valence-corrected chi connectivity index (χ0v) is 20.0. The van der Waals surface area contributed by atoms with E-state index in [-0.39, 0.29) is 23.9 Å². The van der Waals surface area contributed by atoms with Crippen LogP contribution in [0.5, 0.6) is 0 Å². The summed E-state index contributed by atoms with van der Waals surface area (Å²) >= 11 is 0. The minimum atomic E-state index is -0.583. The van der Waals surface area contributed by atoms with Crippen LogP contribution >= 0.6 is 0 Å². The van der Waals surface area contributed by atoms with Crippen LogP contribution in [0.4, 0.5) is 9.18 Å². The van der Waals surface area contributed by atoms with Crippen molar-refractivity contribution < 1.29 is 23.5 Å². The van der Waals surface area contributed by atoms with Crippen LogP contribution in [0.1, 0.15) is 39.4 Å². The molecule has 0 aliphatic carbocycles. The van der Waals surface area contributed by atoms with Gasteiger partial charge in [-0.2, -0.15) is 0 Å². The second-order valence-corrected chi connectivity index (χ2v) is 9.51. The molecule has 0 unspecified atom stereocenters. The second kappa shape index (κ2) is 9.85. The van der Waals surface area contributed by atoms with Crippen LogP contribution in [0.2, 0.25) is 0 Å². The van der Waals surface area contributed by atoms with Gasteiger partial charge in [-0.1, -0.05) is 12.1 Å². The maximum Gasteiger partial charge on any atom is 0.410 e. The van der Waals surface area contributed by atoms with E-state index in [0.717, 1.165) is 0 Å². The topological polar surface area (TPSA) is 90.7 Å². The van der Waals surface area contributed by atoms with Crippen molar-refractivity contribution in [1.82, 2.24) is 14.5 Å². The van der Waals surface area contributed by atoms with Gasteiger partial charge in [0.1, 0.15) is 18.0 Å². The van der Waals surface area contributed by atoms with E-state index in [0.29, 0.717) is 42.5 Å². The fraction of sp³-hybridized carbons (Fsp3) is 0.385. The maximum absolute atomic E-state index is 13.5. The monoisotopic (exact) mass is 481 g/mol. The Morgan fingerprint density at radius 1 is 1.06 bits per heavy atom. The number of carbonyl (C=O) groups excluding carboxylic acids is 2. The van der Waals surface area contributed by atoms with Crippen molar-refractivity contribution in [3.63, 3.8) is 0 Å². The molecule has 1 aliphatic heterocycles. The Balaban J connectivity index is 1.49. The van der Waals surface area contributed by atoms with Crippen molar-refractivity contribution in [2.45, 2.75) is 45.8 Å². The number of ether oxygens (including phenoxy) is 2. The average Bonchev–Trinajstić information content (AvgIpc) is 2.82. The Bertz CT molecular complexity index is 1290.